The highest BCUT2D eigenvalue weighted by Gasteiger charge is 2.25. The lowest BCUT2D eigenvalue weighted by atomic mass is 10.2. The molecule has 3 atom stereocenters. The highest BCUT2D eigenvalue weighted by Crippen LogP contribution is 2.17. The smallest absolute Gasteiger partial charge is 0.0834 e. The van der Waals surface area contributed by atoms with Crippen LogP contribution >= 0.6 is 0 Å². The fourth-order valence-corrected chi connectivity index (χ4v) is 1.59. The first-order valence-corrected chi connectivity index (χ1v) is 5.65. The maximum Gasteiger partial charge on any atom is 0.0834 e. The Kier molecular flexibility index (Phi) is 3.55. The van der Waals surface area contributed by atoms with Gasteiger partial charge in [0, 0.05) is 22.4 Å². The van der Waals surface area contributed by atoms with Gasteiger partial charge in [-0.2, -0.15) is 0 Å². The number of hydrogen-bond acceptors (Lipinski definition) is 2. The van der Waals surface area contributed by atoms with Crippen LogP contribution in [-0.2, 0) is 9.47 Å². The van der Waals surface area contributed by atoms with Gasteiger partial charge in [0.25, 0.3) is 0 Å². The van der Waals surface area contributed by atoms with Crippen molar-refractivity contribution in [1.29, 1.82) is 0 Å². The average molecular weight is 174 g/mol. The van der Waals surface area contributed by atoms with Gasteiger partial charge in [-0.05, 0) is 13.3 Å². The van der Waals surface area contributed by atoms with E-state index in [4.69, 9.17) is 9.47 Å². The summed E-state index contributed by atoms with van der Waals surface area (Å²) in [5, 5.41) is 0. The number of rotatable bonds is 5. The second-order valence-corrected chi connectivity index (χ2v) is 4.64. The van der Waals surface area contributed by atoms with E-state index in [9.17, 15) is 0 Å². The molecule has 0 bridgehead atoms. The maximum absolute atomic E-state index is 5.73. The van der Waals surface area contributed by atoms with E-state index < -0.39 is 0 Å². The third kappa shape index (κ3) is 3.89. The van der Waals surface area contributed by atoms with Gasteiger partial charge in [-0.25, -0.2) is 0 Å². The Labute approximate surface area is 71.7 Å². The van der Waals surface area contributed by atoms with Crippen LogP contribution in [0.5, 0.6) is 0 Å². The second kappa shape index (κ2) is 4.23. The van der Waals surface area contributed by atoms with Crippen molar-refractivity contribution in [2.24, 2.45) is 0 Å². The Morgan fingerprint density at radius 3 is 2.82 bits per heavy atom. The van der Waals surface area contributed by atoms with Crippen molar-refractivity contribution in [3.8, 4) is 0 Å². The van der Waals surface area contributed by atoms with Crippen LogP contribution in [0.25, 0.3) is 0 Å². The molecule has 1 rings (SSSR count). The summed E-state index contributed by atoms with van der Waals surface area (Å²) in [7, 11) is 1.15. The van der Waals surface area contributed by atoms with E-state index in [2.05, 4.69) is 13.8 Å². The zero-order valence-corrected chi connectivity index (χ0v) is 9.67. The van der Waals surface area contributed by atoms with E-state index in [0.29, 0.717) is 17.9 Å². The van der Waals surface area contributed by atoms with Gasteiger partial charge < -0.3 is 9.47 Å². The summed E-state index contributed by atoms with van der Waals surface area (Å²) < 4.78 is 10.9. The monoisotopic (exact) mass is 174 g/mol. The highest BCUT2D eigenvalue weighted by molar-refractivity contribution is 6.10. The number of ether oxygens (including phenoxy) is 2. The number of epoxide rings is 1. The zero-order valence-electron chi connectivity index (χ0n) is 7.67. The van der Waals surface area contributed by atoms with Gasteiger partial charge in [-0.15, -0.1) is 0 Å². The molecule has 0 aromatic heterocycles. The SMILES string of the molecule is CCC([SiH3])OC(C)CC1CO1. The molecule has 66 valence electrons. The van der Waals surface area contributed by atoms with Crippen LogP contribution in [0.3, 0.4) is 0 Å². The minimum atomic E-state index is 0.393. The highest BCUT2D eigenvalue weighted by atomic mass is 28.1. The third-order valence-electron chi connectivity index (χ3n) is 2.04. The van der Waals surface area contributed by atoms with Crippen molar-refractivity contribution in [3.05, 3.63) is 0 Å². The maximum atomic E-state index is 5.73. The van der Waals surface area contributed by atoms with Gasteiger partial charge in [0.2, 0.25) is 0 Å². The van der Waals surface area contributed by atoms with Crippen molar-refractivity contribution in [2.75, 3.05) is 6.61 Å². The molecule has 0 N–H and O–H groups in total. The lowest BCUT2D eigenvalue weighted by molar-refractivity contribution is 0.0315. The molecule has 0 aromatic carbocycles. The molecule has 3 heteroatoms. The summed E-state index contributed by atoms with van der Waals surface area (Å²) >= 11 is 0. The molecule has 0 aromatic rings. The average Bonchev–Trinajstić information content (AvgIpc) is 2.71. The van der Waals surface area contributed by atoms with Gasteiger partial charge in [0.05, 0.1) is 18.8 Å². The van der Waals surface area contributed by atoms with Gasteiger partial charge >= 0.3 is 0 Å². The Hall–Kier alpha value is 0.137. The third-order valence-corrected chi connectivity index (χ3v) is 3.13. The molecule has 1 fully saturated rings. The minimum Gasteiger partial charge on any atom is -0.380 e. The van der Waals surface area contributed by atoms with E-state index >= 15 is 0 Å². The van der Waals surface area contributed by atoms with Crippen LogP contribution in [0, 0.1) is 0 Å². The lowest BCUT2D eigenvalue weighted by Gasteiger charge is -2.16. The molecule has 0 amide bonds. The second-order valence-electron chi connectivity index (χ2n) is 3.36. The minimum absolute atomic E-state index is 0.393. The number of hydrogen-bond donors (Lipinski definition) is 0. The molecule has 0 spiro atoms. The molecule has 1 saturated heterocycles. The van der Waals surface area contributed by atoms with E-state index in [1.54, 1.807) is 0 Å². The van der Waals surface area contributed by atoms with E-state index in [-0.39, 0.29) is 0 Å². The standard InChI is InChI=1S/C8H18O2Si/c1-3-8(11)10-6(2)4-7-5-9-7/h6-8H,3-5H2,1-2,11H3. The van der Waals surface area contributed by atoms with Crippen molar-refractivity contribution in [3.63, 3.8) is 0 Å². The van der Waals surface area contributed by atoms with E-state index in [1.165, 1.54) is 0 Å². The van der Waals surface area contributed by atoms with Gasteiger partial charge in [-0.1, -0.05) is 6.92 Å². The molecule has 0 aliphatic carbocycles. The molecule has 1 aliphatic heterocycles. The van der Waals surface area contributed by atoms with Gasteiger partial charge in [-0.3, -0.25) is 0 Å². The van der Waals surface area contributed by atoms with Crippen LogP contribution < -0.4 is 0 Å². The van der Waals surface area contributed by atoms with Gasteiger partial charge in [0.1, 0.15) is 0 Å². The predicted molar refractivity (Wildman–Crippen MR) is 48.9 cm³/mol. The predicted octanol–water partition coefficient (Wildman–Crippen LogP) is 0.282. The Morgan fingerprint density at radius 1 is 1.73 bits per heavy atom. The van der Waals surface area contributed by atoms with E-state index in [0.717, 1.165) is 29.7 Å². The van der Waals surface area contributed by atoms with Crippen molar-refractivity contribution in [2.45, 2.75) is 44.6 Å². The van der Waals surface area contributed by atoms with Crippen LogP contribution in [0.1, 0.15) is 26.7 Å². The summed E-state index contributed by atoms with van der Waals surface area (Å²) in [6.07, 6.45) is 3.14. The fourth-order valence-electron chi connectivity index (χ4n) is 1.12. The van der Waals surface area contributed by atoms with Crippen LogP contribution in [0.4, 0.5) is 0 Å². The zero-order chi connectivity index (χ0) is 8.27. The topological polar surface area (TPSA) is 21.8 Å². The molecular formula is C8H18O2Si. The fraction of sp³-hybridized carbons (Fsp3) is 1.00. The molecular weight excluding hydrogens is 156 g/mol. The molecule has 2 nitrogen and oxygen atoms in total. The Balaban J connectivity index is 2.03. The quantitative estimate of drug-likeness (QED) is 0.441. The van der Waals surface area contributed by atoms with Gasteiger partial charge in [0.15, 0.2) is 0 Å². The summed E-state index contributed by atoms with van der Waals surface area (Å²) in [5.41, 5.74) is 0.531. The first-order valence-electron chi connectivity index (χ1n) is 4.49. The Bertz CT molecular complexity index is 115. The first-order chi connectivity index (χ1) is 5.22. The molecule has 3 unspecified atom stereocenters. The van der Waals surface area contributed by atoms with Crippen molar-refractivity contribution >= 4 is 10.2 Å². The van der Waals surface area contributed by atoms with Crippen molar-refractivity contribution in [1.82, 2.24) is 0 Å². The Morgan fingerprint density at radius 2 is 2.36 bits per heavy atom. The van der Waals surface area contributed by atoms with Crippen LogP contribution in [0.15, 0.2) is 0 Å². The van der Waals surface area contributed by atoms with Crippen LogP contribution in [-0.4, -0.2) is 34.8 Å². The summed E-state index contributed by atoms with van der Waals surface area (Å²) in [4.78, 5) is 0. The normalized spacial score (nSPS) is 28.4. The first kappa shape index (κ1) is 9.23. The molecule has 0 saturated carbocycles. The summed E-state index contributed by atoms with van der Waals surface area (Å²) in [5.74, 6) is 0. The largest absolute Gasteiger partial charge is 0.380 e. The molecule has 11 heavy (non-hydrogen) atoms. The molecule has 1 aliphatic rings. The summed E-state index contributed by atoms with van der Waals surface area (Å²) in [6, 6.07) is 0. The van der Waals surface area contributed by atoms with Crippen molar-refractivity contribution < 1.29 is 9.47 Å². The van der Waals surface area contributed by atoms with E-state index in [1.807, 2.05) is 0 Å². The lowest BCUT2D eigenvalue weighted by Crippen LogP contribution is -2.20. The molecule has 1 heterocycles. The molecule has 0 radical (unpaired) electrons. The summed E-state index contributed by atoms with van der Waals surface area (Å²) in [6.45, 7) is 5.27. The van der Waals surface area contributed by atoms with Crippen LogP contribution in [0.2, 0.25) is 0 Å².